The second-order valence-corrected chi connectivity index (χ2v) is 5.05. The Morgan fingerprint density at radius 3 is 2.89 bits per heavy atom. The lowest BCUT2D eigenvalue weighted by molar-refractivity contribution is 0.552. The highest BCUT2D eigenvalue weighted by molar-refractivity contribution is 6.32. The first kappa shape index (κ1) is 13.1. The zero-order chi connectivity index (χ0) is 13.0. The highest BCUT2D eigenvalue weighted by atomic mass is 35.5. The van der Waals surface area contributed by atoms with Crippen LogP contribution in [0.15, 0.2) is 31.0 Å². The van der Waals surface area contributed by atoms with Gasteiger partial charge in [0, 0.05) is 25.1 Å². The van der Waals surface area contributed by atoms with Crippen LogP contribution in [0, 0.1) is 5.92 Å². The predicted molar refractivity (Wildman–Crippen MR) is 72.9 cm³/mol. The topological polar surface area (TPSA) is 42.7 Å². The summed E-state index contributed by atoms with van der Waals surface area (Å²) in [6, 6.07) is 1.94. The summed E-state index contributed by atoms with van der Waals surface area (Å²) in [5.41, 5.74) is 1.09. The van der Waals surface area contributed by atoms with E-state index in [4.69, 9.17) is 11.6 Å². The molecule has 4 nitrogen and oxygen atoms in total. The summed E-state index contributed by atoms with van der Waals surface area (Å²) in [6.45, 7) is 6.14. The van der Waals surface area contributed by atoms with Gasteiger partial charge in [-0.1, -0.05) is 25.4 Å². The third-order valence-electron chi connectivity index (χ3n) is 2.51. The Morgan fingerprint density at radius 2 is 2.28 bits per heavy atom. The van der Waals surface area contributed by atoms with Crippen molar-refractivity contribution in [3.63, 3.8) is 0 Å². The molecule has 0 aliphatic heterocycles. The van der Waals surface area contributed by atoms with Gasteiger partial charge in [-0.3, -0.25) is 4.57 Å². The van der Waals surface area contributed by atoms with E-state index in [-0.39, 0.29) is 0 Å². The van der Waals surface area contributed by atoms with Crippen molar-refractivity contribution >= 4 is 11.6 Å². The molecule has 0 aliphatic rings. The molecule has 0 aromatic carbocycles. The van der Waals surface area contributed by atoms with Crippen molar-refractivity contribution < 1.29 is 0 Å². The summed E-state index contributed by atoms with van der Waals surface area (Å²) < 4.78 is 1.80. The maximum atomic E-state index is 6.22. The molecule has 1 N–H and O–H groups in total. The number of nitrogens with zero attached hydrogens (tertiary/aromatic N) is 3. The lowest BCUT2D eigenvalue weighted by Gasteiger charge is -2.09. The number of pyridine rings is 1. The van der Waals surface area contributed by atoms with Gasteiger partial charge in [-0.2, -0.15) is 0 Å². The van der Waals surface area contributed by atoms with E-state index in [0.29, 0.717) is 16.8 Å². The van der Waals surface area contributed by atoms with Gasteiger partial charge in [-0.25, -0.2) is 9.97 Å². The molecule has 96 valence electrons. The Hall–Kier alpha value is -1.39. The normalized spacial score (nSPS) is 11.1. The molecule has 0 atom stereocenters. The molecular formula is C13H17ClN4. The third kappa shape index (κ3) is 3.31. The molecule has 2 aromatic heterocycles. The van der Waals surface area contributed by atoms with Gasteiger partial charge in [-0.15, -0.1) is 0 Å². The Balaban J connectivity index is 2.06. The molecule has 0 bridgehead atoms. The third-order valence-corrected chi connectivity index (χ3v) is 2.79. The quantitative estimate of drug-likeness (QED) is 0.903. The van der Waals surface area contributed by atoms with Crippen molar-refractivity contribution in [1.29, 1.82) is 0 Å². The van der Waals surface area contributed by atoms with Crippen molar-refractivity contribution in [2.45, 2.75) is 20.4 Å². The summed E-state index contributed by atoms with van der Waals surface area (Å²) in [7, 11) is 0. The van der Waals surface area contributed by atoms with Crippen LogP contribution in [0.5, 0.6) is 0 Å². The van der Waals surface area contributed by atoms with Gasteiger partial charge < -0.3 is 5.32 Å². The second kappa shape index (κ2) is 5.98. The number of hydrogen-bond acceptors (Lipinski definition) is 3. The van der Waals surface area contributed by atoms with Gasteiger partial charge >= 0.3 is 0 Å². The maximum absolute atomic E-state index is 6.22. The Kier molecular flexibility index (Phi) is 4.33. The number of nitrogens with one attached hydrogen (secondary N) is 1. The molecule has 2 aromatic rings. The number of hydrogen-bond donors (Lipinski definition) is 1. The number of aromatic nitrogens is 3. The van der Waals surface area contributed by atoms with Crippen LogP contribution in [0.4, 0.5) is 0 Å². The lowest BCUT2D eigenvalue weighted by Crippen LogP contribution is -2.19. The first-order chi connectivity index (χ1) is 8.66. The molecule has 0 saturated carbocycles. The van der Waals surface area contributed by atoms with Crippen molar-refractivity contribution in [3.05, 3.63) is 41.6 Å². The minimum atomic E-state index is 0.636. The lowest BCUT2D eigenvalue weighted by atomic mass is 10.2. The van der Waals surface area contributed by atoms with Gasteiger partial charge in [0.05, 0.1) is 5.02 Å². The van der Waals surface area contributed by atoms with E-state index in [0.717, 1.165) is 18.7 Å². The number of halogens is 1. The molecule has 0 spiro atoms. The van der Waals surface area contributed by atoms with Crippen LogP contribution >= 0.6 is 11.6 Å². The summed E-state index contributed by atoms with van der Waals surface area (Å²) in [4.78, 5) is 8.35. The van der Waals surface area contributed by atoms with E-state index in [1.54, 1.807) is 17.1 Å². The smallest absolute Gasteiger partial charge is 0.156 e. The van der Waals surface area contributed by atoms with E-state index in [9.17, 15) is 0 Å². The molecule has 2 rings (SSSR count). The average Bonchev–Trinajstić information content (AvgIpc) is 2.82. The van der Waals surface area contributed by atoms with Crippen LogP contribution in [-0.2, 0) is 6.54 Å². The van der Waals surface area contributed by atoms with Crippen LogP contribution in [0.2, 0.25) is 5.02 Å². The predicted octanol–water partition coefficient (Wildman–Crippen LogP) is 2.67. The molecular weight excluding hydrogens is 248 g/mol. The molecule has 0 radical (unpaired) electrons. The highest BCUT2D eigenvalue weighted by Gasteiger charge is 2.05. The fourth-order valence-corrected chi connectivity index (χ4v) is 1.93. The highest BCUT2D eigenvalue weighted by Crippen LogP contribution is 2.18. The van der Waals surface area contributed by atoms with Crippen LogP contribution in [-0.4, -0.2) is 21.1 Å². The molecule has 5 heteroatoms. The molecule has 0 aliphatic carbocycles. The van der Waals surface area contributed by atoms with E-state index in [1.807, 2.05) is 18.5 Å². The molecule has 18 heavy (non-hydrogen) atoms. The molecule has 0 amide bonds. The fourth-order valence-electron chi connectivity index (χ4n) is 1.65. The van der Waals surface area contributed by atoms with Gasteiger partial charge in [0.15, 0.2) is 5.82 Å². The van der Waals surface area contributed by atoms with Gasteiger partial charge in [0.25, 0.3) is 0 Å². The summed E-state index contributed by atoms with van der Waals surface area (Å²) in [6.07, 6.45) is 7.06. The first-order valence-corrected chi connectivity index (χ1v) is 6.38. The zero-order valence-electron chi connectivity index (χ0n) is 10.6. The largest absolute Gasteiger partial charge is 0.312 e. The van der Waals surface area contributed by atoms with Crippen LogP contribution in [0.1, 0.15) is 19.4 Å². The van der Waals surface area contributed by atoms with Crippen molar-refractivity contribution in [3.8, 4) is 5.82 Å². The monoisotopic (exact) mass is 264 g/mol. The summed E-state index contributed by atoms with van der Waals surface area (Å²) >= 11 is 6.22. The molecule has 0 unspecified atom stereocenters. The minimum Gasteiger partial charge on any atom is -0.312 e. The van der Waals surface area contributed by atoms with Crippen molar-refractivity contribution in [1.82, 2.24) is 19.9 Å². The summed E-state index contributed by atoms with van der Waals surface area (Å²) in [5.74, 6) is 1.35. The van der Waals surface area contributed by atoms with Crippen LogP contribution < -0.4 is 5.32 Å². The summed E-state index contributed by atoms with van der Waals surface area (Å²) in [5, 5.41) is 4.00. The van der Waals surface area contributed by atoms with Gasteiger partial charge in [0.1, 0.15) is 6.33 Å². The molecule has 0 fully saturated rings. The van der Waals surface area contributed by atoms with Crippen molar-refractivity contribution in [2.75, 3.05) is 6.54 Å². The van der Waals surface area contributed by atoms with Crippen LogP contribution in [0.25, 0.3) is 5.82 Å². The van der Waals surface area contributed by atoms with Crippen molar-refractivity contribution in [2.24, 2.45) is 5.92 Å². The minimum absolute atomic E-state index is 0.636. The van der Waals surface area contributed by atoms with Crippen LogP contribution in [0.3, 0.4) is 0 Å². The fraction of sp³-hybridized carbons (Fsp3) is 0.385. The van der Waals surface area contributed by atoms with E-state index in [2.05, 4.69) is 29.1 Å². The van der Waals surface area contributed by atoms with E-state index >= 15 is 0 Å². The second-order valence-electron chi connectivity index (χ2n) is 4.64. The van der Waals surface area contributed by atoms with Gasteiger partial charge in [0.2, 0.25) is 0 Å². The number of rotatable bonds is 5. The first-order valence-electron chi connectivity index (χ1n) is 6.00. The Bertz CT molecular complexity index is 494. The van der Waals surface area contributed by atoms with E-state index in [1.165, 1.54) is 0 Å². The molecule has 0 saturated heterocycles. The standard InChI is InChI=1S/C13H17ClN4/c1-10(2)6-16-7-11-5-12(14)13(17-8-11)18-4-3-15-9-18/h3-5,8-10,16H,6-7H2,1-2H3. The average molecular weight is 265 g/mol. The van der Waals surface area contributed by atoms with Gasteiger partial charge in [-0.05, 0) is 24.1 Å². The Morgan fingerprint density at radius 1 is 1.44 bits per heavy atom. The zero-order valence-corrected chi connectivity index (χ0v) is 11.4. The number of imidazole rings is 1. The SMILES string of the molecule is CC(C)CNCc1cnc(-n2ccnc2)c(Cl)c1. The van der Waals surface area contributed by atoms with E-state index < -0.39 is 0 Å². The molecule has 2 heterocycles. The Labute approximate surface area is 112 Å². The maximum Gasteiger partial charge on any atom is 0.156 e.